The molecule has 2 aromatic carbocycles. The quantitative estimate of drug-likeness (QED) is 0.458. The number of benzene rings is 2. The van der Waals surface area contributed by atoms with E-state index in [0.29, 0.717) is 29.7 Å². The van der Waals surface area contributed by atoms with Gasteiger partial charge in [0.25, 0.3) is 0 Å². The third kappa shape index (κ3) is 2.97. The molecule has 1 N–H and O–H groups in total. The lowest BCUT2D eigenvalue weighted by atomic mass is 9.46. The molecular formula is C26H27N5O3. The first kappa shape index (κ1) is 20.0. The number of tetrazole rings is 1. The molecule has 174 valence electrons. The number of nitrogens with zero attached hydrogens (tertiary/aromatic N) is 4. The number of carbonyl (C=O) groups is 1. The second kappa shape index (κ2) is 7.04. The van der Waals surface area contributed by atoms with Gasteiger partial charge in [-0.3, -0.25) is 4.79 Å². The first-order valence-electron chi connectivity index (χ1n) is 12.1. The van der Waals surface area contributed by atoms with Crippen molar-refractivity contribution in [1.82, 2.24) is 20.2 Å². The largest absolute Gasteiger partial charge is 0.495 e. The van der Waals surface area contributed by atoms with Crippen LogP contribution >= 0.6 is 0 Å². The van der Waals surface area contributed by atoms with Crippen LogP contribution in [0.15, 0.2) is 47.1 Å². The number of fused-ring (bicyclic) bond motifs is 3. The molecule has 8 heteroatoms. The molecule has 4 saturated carbocycles. The summed E-state index contributed by atoms with van der Waals surface area (Å²) in [6.07, 6.45) is 8.63. The van der Waals surface area contributed by atoms with Gasteiger partial charge in [-0.2, -0.15) is 4.80 Å². The number of hydrogen-bond donors (Lipinski definition) is 1. The van der Waals surface area contributed by atoms with Crippen LogP contribution in [0, 0.1) is 17.3 Å². The van der Waals surface area contributed by atoms with E-state index in [4.69, 9.17) is 9.15 Å². The van der Waals surface area contributed by atoms with Crippen LogP contribution in [0.25, 0.3) is 21.9 Å². The number of rotatable bonds is 5. The van der Waals surface area contributed by atoms with Crippen molar-refractivity contribution in [3.05, 3.63) is 42.7 Å². The molecule has 8 nitrogen and oxygen atoms in total. The third-order valence-electron chi connectivity index (χ3n) is 8.43. The third-order valence-corrected chi connectivity index (χ3v) is 8.43. The van der Waals surface area contributed by atoms with E-state index in [0.717, 1.165) is 54.0 Å². The maximum atomic E-state index is 13.4. The van der Waals surface area contributed by atoms with Crippen molar-refractivity contribution >= 4 is 33.5 Å². The van der Waals surface area contributed by atoms with Crippen LogP contribution in [0.1, 0.15) is 44.9 Å². The molecule has 4 bridgehead atoms. The molecule has 4 aliphatic carbocycles. The lowest BCUT2D eigenvalue weighted by Gasteiger charge is -2.61. The summed E-state index contributed by atoms with van der Waals surface area (Å²) in [5, 5.41) is 17.8. The number of carbonyl (C=O) groups excluding carboxylic acids is 1. The van der Waals surface area contributed by atoms with E-state index in [-0.39, 0.29) is 16.9 Å². The first-order valence-corrected chi connectivity index (χ1v) is 12.1. The topological polar surface area (TPSA) is 95.1 Å². The van der Waals surface area contributed by atoms with Crippen molar-refractivity contribution in [3.8, 4) is 5.75 Å². The van der Waals surface area contributed by atoms with E-state index < -0.39 is 0 Å². The Morgan fingerprint density at radius 2 is 1.97 bits per heavy atom. The number of amides is 1. The molecule has 2 aromatic heterocycles. The summed E-state index contributed by atoms with van der Waals surface area (Å²) >= 11 is 0. The van der Waals surface area contributed by atoms with Crippen LogP contribution in [0.3, 0.4) is 0 Å². The Hall–Kier alpha value is -3.42. The summed E-state index contributed by atoms with van der Waals surface area (Å²) in [6, 6.07) is 11.8. The molecule has 0 radical (unpaired) electrons. The second-order valence-corrected chi connectivity index (χ2v) is 10.8. The first-order chi connectivity index (χ1) is 16.5. The number of furan rings is 1. The monoisotopic (exact) mass is 457 g/mol. The molecule has 2 heterocycles. The van der Waals surface area contributed by atoms with Crippen LogP contribution in [0.5, 0.6) is 5.75 Å². The van der Waals surface area contributed by atoms with E-state index in [1.807, 2.05) is 41.2 Å². The fourth-order valence-corrected chi connectivity index (χ4v) is 7.78. The normalized spacial score (nSPS) is 29.7. The number of para-hydroxylation sites is 1. The van der Waals surface area contributed by atoms with Gasteiger partial charge in [-0.25, -0.2) is 0 Å². The summed E-state index contributed by atoms with van der Waals surface area (Å²) in [5.74, 6) is 1.92. The molecule has 2 unspecified atom stereocenters. The van der Waals surface area contributed by atoms with Crippen molar-refractivity contribution in [1.29, 1.82) is 0 Å². The smallest absolute Gasteiger partial charge is 0.225 e. The molecule has 0 aliphatic heterocycles. The Morgan fingerprint density at radius 3 is 2.74 bits per heavy atom. The molecule has 0 saturated heterocycles. The highest BCUT2D eigenvalue weighted by molar-refractivity contribution is 6.07. The fourth-order valence-electron chi connectivity index (χ4n) is 7.78. The summed E-state index contributed by atoms with van der Waals surface area (Å²) < 4.78 is 11.7. The number of methoxy groups -OCH3 is 1. The molecule has 4 fully saturated rings. The number of ether oxygens (including phenoxy) is 1. The van der Waals surface area contributed by atoms with E-state index in [9.17, 15) is 4.79 Å². The van der Waals surface area contributed by atoms with Crippen molar-refractivity contribution < 1.29 is 13.9 Å². The minimum Gasteiger partial charge on any atom is -0.495 e. The van der Waals surface area contributed by atoms with Crippen LogP contribution in [-0.4, -0.2) is 33.2 Å². The Kier molecular flexibility index (Phi) is 4.14. The summed E-state index contributed by atoms with van der Waals surface area (Å²) in [7, 11) is 1.63. The SMILES string of the molecule is COc1cc2c(cc1NC(=O)CC13CC4CC(C1)CC(n1ncnn1)(C4)C3)oc1ccccc12. The van der Waals surface area contributed by atoms with Crippen LogP contribution in [-0.2, 0) is 10.3 Å². The molecule has 8 rings (SSSR count). The minimum atomic E-state index is -0.0915. The van der Waals surface area contributed by atoms with Gasteiger partial charge >= 0.3 is 0 Å². The van der Waals surface area contributed by atoms with Gasteiger partial charge in [0.15, 0.2) is 6.33 Å². The summed E-state index contributed by atoms with van der Waals surface area (Å²) in [4.78, 5) is 15.3. The number of aromatic nitrogens is 4. The highest BCUT2D eigenvalue weighted by Gasteiger charge is 2.59. The van der Waals surface area contributed by atoms with Gasteiger partial charge in [0.2, 0.25) is 5.91 Å². The zero-order valence-electron chi connectivity index (χ0n) is 19.2. The van der Waals surface area contributed by atoms with E-state index in [1.54, 1.807) is 7.11 Å². The Balaban J connectivity index is 1.18. The van der Waals surface area contributed by atoms with Gasteiger partial charge in [-0.15, -0.1) is 10.2 Å². The van der Waals surface area contributed by atoms with Crippen molar-refractivity contribution in [3.63, 3.8) is 0 Å². The zero-order valence-corrected chi connectivity index (χ0v) is 19.2. The minimum absolute atomic E-state index is 0.0154. The molecule has 34 heavy (non-hydrogen) atoms. The number of anilines is 1. The van der Waals surface area contributed by atoms with Gasteiger partial charge in [0, 0.05) is 23.3 Å². The summed E-state index contributed by atoms with van der Waals surface area (Å²) in [5.41, 5.74) is 2.10. The molecule has 4 aromatic rings. The highest BCUT2D eigenvalue weighted by atomic mass is 16.5. The van der Waals surface area contributed by atoms with Gasteiger partial charge in [0.1, 0.15) is 16.9 Å². The van der Waals surface area contributed by atoms with Crippen LogP contribution in [0.4, 0.5) is 5.69 Å². The lowest BCUT2D eigenvalue weighted by molar-refractivity contribution is -0.135. The van der Waals surface area contributed by atoms with Gasteiger partial charge in [-0.05, 0) is 73.1 Å². The second-order valence-electron chi connectivity index (χ2n) is 10.8. The average molecular weight is 458 g/mol. The molecule has 2 atom stereocenters. The Bertz CT molecular complexity index is 1390. The Labute approximate surface area is 196 Å². The van der Waals surface area contributed by atoms with E-state index in [2.05, 4.69) is 20.7 Å². The predicted molar refractivity (Wildman–Crippen MR) is 126 cm³/mol. The van der Waals surface area contributed by atoms with Crippen LogP contribution in [0.2, 0.25) is 0 Å². The maximum Gasteiger partial charge on any atom is 0.225 e. The molecule has 4 aliphatic rings. The standard InChI is InChI=1S/C26H27N5O3/c1-33-23-7-19-18-4-2-3-5-21(18)34-22(19)8-20(23)29-24(32)13-25-9-16-6-17(10-25)12-26(11-16,14-25)31-28-15-27-30-31/h2-5,7-8,15-17H,6,9-14H2,1H3,(H,29,32). The molecule has 0 spiro atoms. The fraction of sp³-hybridized carbons (Fsp3) is 0.462. The predicted octanol–water partition coefficient (Wildman–Crippen LogP) is 4.91. The van der Waals surface area contributed by atoms with E-state index >= 15 is 0 Å². The van der Waals surface area contributed by atoms with Gasteiger partial charge in [-0.1, -0.05) is 18.2 Å². The highest BCUT2D eigenvalue weighted by Crippen LogP contribution is 2.65. The lowest BCUT2D eigenvalue weighted by Crippen LogP contribution is -2.57. The molecular weight excluding hydrogens is 430 g/mol. The molecule has 1 amide bonds. The van der Waals surface area contributed by atoms with Gasteiger partial charge in [0.05, 0.1) is 18.3 Å². The maximum absolute atomic E-state index is 13.4. The van der Waals surface area contributed by atoms with Crippen molar-refractivity contribution in [2.45, 2.75) is 50.5 Å². The van der Waals surface area contributed by atoms with Crippen molar-refractivity contribution in [2.24, 2.45) is 17.3 Å². The average Bonchev–Trinajstić information content (AvgIpc) is 3.46. The summed E-state index contributed by atoms with van der Waals surface area (Å²) in [6.45, 7) is 0. The number of nitrogens with one attached hydrogen (secondary N) is 1. The van der Waals surface area contributed by atoms with Crippen LogP contribution < -0.4 is 10.1 Å². The number of hydrogen-bond acceptors (Lipinski definition) is 6. The zero-order chi connectivity index (χ0) is 22.9. The van der Waals surface area contributed by atoms with Gasteiger partial charge < -0.3 is 14.5 Å². The van der Waals surface area contributed by atoms with Crippen molar-refractivity contribution in [2.75, 3.05) is 12.4 Å². The van der Waals surface area contributed by atoms with E-state index in [1.165, 1.54) is 12.7 Å². The Morgan fingerprint density at radius 1 is 1.15 bits per heavy atom.